The van der Waals surface area contributed by atoms with E-state index in [1.54, 1.807) is 0 Å². The fourth-order valence-corrected chi connectivity index (χ4v) is 3.84. The Bertz CT molecular complexity index is 775. The summed E-state index contributed by atoms with van der Waals surface area (Å²) in [6.07, 6.45) is 2.24. The molecule has 0 radical (unpaired) electrons. The van der Waals surface area contributed by atoms with E-state index in [9.17, 15) is 8.78 Å². The summed E-state index contributed by atoms with van der Waals surface area (Å²) in [5.41, 5.74) is 4.03. The highest BCUT2D eigenvalue weighted by Gasteiger charge is 2.37. The molecule has 0 atom stereocenters. The van der Waals surface area contributed by atoms with Crippen molar-refractivity contribution in [2.75, 3.05) is 0 Å². The van der Waals surface area contributed by atoms with Gasteiger partial charge in [-0.05, 0) is 62.4 Å². The van der Waals surface area contributed by atoms with E-state index in [1.165, 1.54) is 17.2 Å². The molecule has 23 heavy (non-hydrogen) atoms. The summed E-state index contributed by atoms with van der Waals surface area (Å²) in [5, 5.41) is 0. The van der Waals surface area contributed by atoms with Crippen LogP contribution in [0, 0.1) is 11.6 Å². The number of fused-ring (bicyclic) bond motifs is 1. The Kier molecular flexibility index (Phi) is 3.91. The zero-order valence-corrected chi connectivity index (χ0v) is 15.5. The van der Waals surface area contributed by atoms with E-state index in [0.29, 0.717) is 5.56 Å². The number of halogens is 3. The summed E-state index contributed by atoms with van der Waals surface area (Å²) in [4.78, 5) is 0. The number of hydrogen-bond acceptors (Lipinski definition) is 0. The molecule has 0 N–H and O–H groups in total. The van der Waals surface area contributed by atoms with Crippen LogP contribution in [0.25, 0.3) is 11.1 Å². The summed E-state index contributed by atoms with van der Waals surface area (Å²) in [6, 6.07) is 8.60. The van der Waals surface area contributed by atoms with Gasteiger partial charge in [-0.1, -0.05) is 45.9 Å². The van der Waals surface area contributed by atoms with E-state index < -0.39 is 11.6 Å². The Hall–Kier alpha value is -1.22. The van der Waals surface area contributed by atoms with Crippen molar-refractivity contribution in [1.82, 2.24) is 0 Å². The second-order valence-electron chi connectivity index (χ2n) is 7.77. The standard InChI is InChI=1S/C20H21BrF2/c1-19(2)7-8-20(3,4)15-9-12(5-6-14(15)19)13-10-16(21)18(23)11-17(13)22/h5-6,9-11H,7-8H2,1-4H3. The molecular formula is C20H21BrF2. The molecule has 0 fully saturated rings. The van der Waals surface area contributed by atoms with Gasteiger partial charge in [-0.2, -0.15) is 0 Å². The van der Waals surface area contributed by atoms with E-state index >= 15 is 0 Å². The molecule has 0 aromatic heterocycles. The van der Waals surface area contributed by atoms with Crippen LogP contribution in [-0.4, -0.2) is 0 Å². The highest BCUT2D eigenvalue weighted by atomic mass is 79.9. The van der Waals surface area contributed by atoms with Crippen molar-refractivity contribution in [3.05, 3.63) is 57.6 Å². The van der Waals surface area contributed by atoms with Crippen molar-refractivity contribution in [2.45, 2.75) is 51.4 Å². The Morgan fingerprint density at radius 2 is 1.43 bits per heavy atom. The largest absolute Gasteiger partial charge is 0.206 e. The average molecular weight is 379 g/mol. The first-order chi connectivity index (χ1) is 10.6. The minimum Gasteiger partial charge on any atom is -0.206 e. The number of benzene rings is 2. The lowest BCUT2D eigenvalue weighted by atomic mass is 9.63. The van der Waals surface area contributed by atoms with Gasteiger partial charge in [-0.25, -0.2) is 8.78 Å². The molecule has 0 aliphatic heterocycles. The van der Waals surface area contributed by atoms with Crippen LogP contribution in [0.3, 0.4) is 0 Å². The van der Waals surface area contributed by atoms with Crippen molar-refractivity contribution in [3.63, 3.8) is 0 Å². The SMILES string of the molecule is CC1(C)CCC(C)(C)c2cc(-c3cc(Br)c(F)cc3F)ccc21. The maximum Gasteiger partial charge on any atom is 0.140 e. The van der Waals surface area contributed by atoms with Crippen LogP contribution >= 0.6 is 15.9 Å². The minimum atomic E-state index is -0.578. The van der Waals surface area contributed by atoms with Gasteiger partial charge in [0.05, 0.1) is 4.47 Å². The van der Waals surface area contributed by atoms with Crippen LogP contribution in [0.5, 0.6) is 0 Å². The molecule has 0 nitrogen and oxygen atoms in total. The Morgan fingerprint density at radius 3 is 2.09 bits per heavy atom. The molecule has 2 aromatic rings. The van der Waals surface area contributed by atoms with E-state index in [4.69, 9.17) is 0 Å². The zero-order chi connectivity index (χ0) is 17.0. The van der Waals surface area contributed by atoms with Crippen LogP contribution in [-0.2, 0) is 10.8 Å². The van der Waals surface area contributed by atoms with Crippen molar-refractivity contribution in [2.24, 2.45) is 0 Å². The Morgan fingerprint density at radius 1 is 0.826 bits per heavy atom. The van der Waals surface area contributed by atoms with Gasteiger partial charge in [-0.15, -0.1) is 0 Å². The van der Waals surface area contributed by atoms with E-state index in [1.807, 2.05) is 6.07 Å². The van der Waals surface area contributed by atoms with Gasteiger partial charge in [-0.3, -0.25) is 0 Å². The molecular weight excluding hydrogens is 358 g/mol. The summed E-state index contributed by atoms with van der Waals surface area (Å²) in [5.74, 6) is -1.11. The molecule has 1 aliphatic carbocycles. The lowest BCUT2D eigenvalue weighted by molar-refractivity contribution is 0.332. The van der Waals surface area contributed by atoms with Gasteiger partial charge in [0.1, 0.15) is 11.6 Å². The number of rotatable bonds is 1. The molecule has 2 aromatic carbocycles. The summed E-state index contributed by atoms with van der Waals surface area (Å²) in [6.45, 7) is 9.00. The molecule has 0 bridgehead atoms. The van der Waals surface area contributed by atoms with E-state index in [-0.39, 0.29) is 15.3 Å². The third-order valence-corrected chi connectivity index (χ3v) is 5.78. The topological polar surface area (TPSA) is 0 Å². The average Bonchev–Trinajstić information content (AvgIpc) is 2.47. The number of hydrogen-bond donors (Lipinski definition) is 0. The maximum absolute atomic E-state index is 14.2. The van der Waals surface area contributed by atoms with Crippen molar-refractivity contribution in [1.29, 1.82) is 0 Å². The second-order valence-corrected chi connectivity index (χ2v) is 8.63. The van der Waals surface area contributed by atoms with Gasteiger partial charge in [0.15, 0.2) is 0 Å². The predicted molar refractivity (Wildman–Crippen MR) is 94.8 cm³/mol. The first-order valence-corrected chi connectivity index (χ1v) is 8.71. The van der Waals surface area contributed by atoms with Crippen LogP contribution < -0.4 is 0 Å². The van der Waals surface area contributed by atoms with E-state index in [2.05, 4.69) is 55.8 Å². The predicted octanol–water partition coefficient (Wildman–Crippen LogP) is 6.74. The van der Waals surface area contributed by atoms with Crippen LogP contribution in [0.4, 0.5) is 8.78 Å². The smallest absolute Gasteiger partial charge is 0.140 e. The van der Waals surface area contributed by atoms with Gasteiger partial charge in [0.25, 0.3) is 0 Å². The first-order valence-electron chi connectivity index (χ1n) is 7.92. The van der Waals surface area contributed by atoms with Crippen LogP contribution in [0.2, 0.25) is 0 Å². The van der Waals surface area contributed by atoms with Gasteiger partial charge < -0.3 is 0 Å². The molecule has 0 heterocycles. The first kappa shape index (κ1) is 16.6. The van der Waals surface area contributed by atoms with Gasteiger partial charge in [0.2, 0.25) is 0 Å². The van der Waals surface area contributed by atoms with Crippen LogP contribution in [0.15, 0.2) is 34.8 Å². The third kappa shape index (κ3) is 2.84. The van der Waals surface area contributed by atoms with Gasteiger partial charge >= 0.3 is 0 Å². The fourth-order valence-electron chi connectivity index (χ4n) is 3.50. The minimum absolute atomic E-state index is 0.0641. The summed E-state index contributed by atoms with van der Waals surface area (Å²) < 4.78 is 28.0. The van der Waals surface area contributed by atoms with Crippen molar-refractivity contribution in [3.8, 4) is 11.1 Å². The van der Waals surface area contributed by atoms with Crippen molar-refractivity contribution >= 4 is 15.9 Å². The lowest BCUT2D eigenvalue weighted by Gasteiger charge is -2.42. The highest BCUT2D eigenvalue weighted by molar-refractivity contribution is 9.10. The molecule has 3 heteroatoms. The molecule has 0 unspecified atom stereocenters. The highest BCUT2D eigenvalue weighted by Crippen LogP contribution is 2.47. The molecule has 3 rings (SSSR count). The summed E-state index contributed by atoms with van der Waals surface area (Å²) in [7, 11) is 0. The quantitative estimate of drug-likeness (QED) is 0.481. The van der Waals surface area contributed by atoms with Crippen molar-refractivity contribution < 1.29 is 8.78 Å². The molecule has 0 saturated carbocycles. The normalized spacial score (nSPS) is 18.6. The fraction of sp³-hybridized carbons (Fsp3) is 0.400. The third-order valence-electron chi connectivity index (χ3n) is 5.17. The molecule has 1 aliphatic rings. The molecule has 0 saturated heterocycles. The van der Waals surface area contributed by atoms with Crippen LogP contribution in [0.1, 0.15) is 51.7 Å². The second kappa shape index (κ2) is 5.41. The summed E-state index contributed by atoms with van der Waals surface area (Å²) >= 11 is 3.15. The Labute approximate surface area is 145 Å². The molecule has 0 spiro atoms. The lowest BCUT2D eigenvalue weighted by Crippen LogP contribution is -2.33. The molecule has 0 amide bonds. The molecule has 122 valence electrons. The van der Waals surface area contributed by atoms with E-state index in [0.717, 1.165) is 24.5 Å². The zero-order valence-electron chi connectivity index (χ0n) is 13.9. The maximum atomic E-state index is 14.2. The monoisotopic (exact) mass is 378 g/mol. The Balaban J connectivity index is 2.20. The van der Waals surface area contributed by atoms with Gasteiger partial charge in [0, 0.05) is 11.6 Å².